The highest BCUT2D eigenvalue weighted by atomic mass is 32.1. The zero-order valence-electron chi connectivity index (χ0n) is 21.8. The minimum Gasteiger partial charge on any atom is -0.454 e. The van der Waals surface area contributed by atoms with Crippen molar-refractivity contribution in [3.63, 3.8) is 0 Å². The topological polar surface area (TPSA) is 41.9 Å². The van der Waals surface area contributed by atoms with Crippen molar-refractivity contribution in [2.45, 2.75) is 0 Å². The van der Waals surface area contributed by atoms with E-state index in [1.54, 1.807) is 0 Å². The number of nitrogens with zero attached hydrogens (tertiary/aromatic N) is 2. The third-order valence-electron chi connectivity index (χ3n) is 8.23. The predicted molar refractivity (Wildman–Crippen MR) is 171 cm³/mol. The van der Waals surface area contributed by atoms with Gasteiger partial charge in [0.25, 0.3) is 0 Å². The van der Waals surface area contributed by atoms with Gasteiger partial charge in [-0.25, -0.2) is 0 Å². The Kier molecular flexibility index (Phi) is 4.55. The lowest BCUT2D eigenvalue weighted by Gasteiger charge is -2.08. The Labute approximate surface area is 238 Å². The standard InChI is InChI=1S/C37H20N2OS/c38-21-22-12-15-26-25-6-1-3-9-31(25)39(33(26)18-22)32-10-5-8-29-30-19-23(14-17-34(30)40-37(29)32)24-13-16-28-27-7-2-4-11-35(27)41-36(28)20-24/h1-20H. The van der Waals surface area contributed by atoms with E-state index in [9.17, 15) is 5.26 Å². The van der Waals surface area contributed by atoms with Crippen LogP contribution >= 0.6 is 11.3 Å². The molecule has 0 bridgehead atoms. The van der Waals surface area contributed by atoms with E-state index in [4.69, 9.17) is 4.42 Å². The summed E-state index contributed by atoms with van der Waals surface area (Å²) in [4.78, 5) is 0. The lowest BCUT2D eigenvalue weighted by atomic mass is 10.0. The van der Waals surface area contributed by atoms with Crippen LogP contribution in [0.15, 0.2) is 126 Å². The number of furan rings is 1. The maximum absolute atomic E-state index is 9.64. The third-order valence-corrected chi connectivity index (χ3v) is 9.37. The molecule has 0 atom stereocenters. The number of thiophene rings is 1. The Bertz CT molecular complexity index is 2560. The number of aromatic nitrogens is 1. The molecule has 0 unspecified atom stereocenters. The van der Waals surface area contributed by atoms with Crippen LogP contribution in [0.1, 0.15) is 5.56 Å². The van der Waals surface area contributed by atoms with Crippen LogP contribution in [0.3, 0.4) is 0 Å². The van der Waals surface area contributed by atoms with E-state index < -0.39 is 0 Å². The first-order chi connectivity index (χ1) is 20.3. The second kappa shape index (κ2) is 8.32. The van der Waals surface area contributed by atoms with Crippen LogP contribution in [-0.2, 0) is 0 Å². The molecule has 0 saturated carbocycles. The van der Waals surface area contributed by atoms with Gasteiger partial charge in [-0.2, -0.15) is 5.26 Å². The van der Waals surface area contributed by atoms with Gasteiger partial charge < -0.3 is 8.98 Å². The Morgan fingerprint density at radius 2 is 1.29 bits per heavy atom. The molecule has 9 rings (SSSR count). The zero-order chi connectivity index (χ0) is 27.1. The second-order valence-electron chi connectivity index (χ2n) is 10.5. The molecule has 3 aromatic heterocycles. The molecule has 0 radical (unpaired) electrons. The molecule has 41 heavy (non-hydrogen) atoms. The van der Waals surface area contributed by atoms with Crippen molar-refractivity contribution in [1.82, 2.24) is 4.57 Å². The molecule has 0 saturated heterocycles. The number of hydrogen-bond donors (Lipinski definition) is 0. The Hall–Kier alpha value is -5.37. The van der Waals surface area contributed by atoms with E-state index in [1.165, 1.54) is 31.3 Å². The average Bonchev–Trinajstić information content (AvgIpc) is 3.69. The average molecular weight is 541 g/mol. The molecule has 6 aromatic carbocycles. The molecule has 0 aliphatic heterocycles. The fourth-order valence-electron chi connectivity index (χ4n) is 6.34. The van der Waals surface area contributed by atoms with E-state index >= 15 is 0 Å². The van der Waals surface area contributed by atoms with Crippen LogP contribution in [-0.4, -0.2) is 4.57 Å². The summed E-state index contributed by atoms with van der Waals surface area (Å²) in [6, 6.07) is 44.8. The Morgan fingerprint density at radius 1 is 0.561 bits per heavy atom. The van der Waals surface area contributed by atoms with E-state index in [-0.39, 0.29) is 0 Å². The molecular formula is C37H20N2OS. The van der Waals surface area contributed by atoms with Gasteiger partial charge in [0.2, 0.25) is 0 Å². The highest BCUT2D eigenvalue weighted by molar-refractivity contribution is 7.25. The summed E-state index contributed by atoms with van der Waals surface area (Å²) in [7, 11) is 0. The van der Waals surface area contributed by atoms with Crippen molar-refractivity contribution in [3.8, 4) is 22.9 Å². The van der Waals surface area contributed by atoms with Crippen LogP contribution in [0.25, 0.3) is 80.7 Å². The van der Waals surface area contributed by atoms with E-state index in [1.807, 2.05) is 29.5 Å². The predicted octanol–water partition coefficient (Wildman–Crippen LogP) is 10.6. The Balaban J connectivity index is 1.27. The third kappa shape index (κ3) is 3.18. The van der Waals surface area contributed by atoms with Crippen molar-refractivity contribution < 1.29 is 4.42 Å². The molecule has 0 fully saturated rings. The van der Waals surface area contributed by atoms with Gasteiger partial charge in [0.05, 0.1) is 28.4 Å². The van der Waals surface area contributed by atoms with Crippen molar-refractivity contribution in [3.05, 3.63) is 127 Å². The zero-order valence-corrected chi connectivity index (χ0v) is 22.6. The van der Waals surface area contributed by atoms with Crippen LogP contribution in [0.2, 0.25) is 0 Å². The quantitative estimate of drug-likeness (QED) is 0.219. The van der Waals surface area contributed by atoms with Crippen molar-refractivity contribution in [2.24, 2.45) is 0 Å². The van der Waals surface area contributed by atoms with Gasteiger partial charge in [-0.05, 0) is 59.7 Å². The van der Waals surface area contributed by atoms with Gasteiger partial charge in [0, 0.05) is 41.7 Å². The van der Waals surface area contributed by atoms with Gasteiger partial charge in [-0.15, -0.1) is 11.3 Å². The SMILES string of the molecule is N#Cc1ccc2c3ccccc3n(-c3cccc4c3oc3ccc(-c5ccc6c(c5)sc5ccccc56)cc34)c2c1. The van der Waals surface area contributed by atoms with E-state index in [0.717, 1.165) is 49.4 Å². The van der Waals surface area contributed by atoms with E-state index in [0.29, 0.717) is 5.56 Å². The number of benzene rings is 6. The molecule has 0 aliphatic rings. The van der Waals surface area contributed by atoms with E-state index in [2.05, 4.69) is 114 Å². The summed E-state index contributed by atoms with van der Waals surface area (Å²) < 4.78 is 11.4. The summed E-state index contributed by atoms with van der Waals surface area (Å²) in [5, 5.41) is 16.7. The van der Waals surface area contributed by atoms with Gasteiger partial charge in [0.1, 0.15) is 5.58 Å². The fourth-order valence-corrected chi connectivity index (χ4v) is 7.49. The maximum atomic E-state index is 9.64. The molecule has 0 aliphatic carbocycles. The highest BCUT2D eigenvalue weighted by Crippen LogP contribution is 2.40. The molecular weight excluding hydrogens is 520 g/mol. The first-order valence-electron chi connectivity index (χ1n) is 13.6. The van der Waals surface area contributed by atoms with Crippen LogP contribution in [0.4, 0.5) is 0 Å². The summed E-state index contributed by atoms with van der Waals surface area (Å²) >= 11 is 1.84. The number of rotatable bonds is 2. The highest BCUT2D eigenvalue weighted by Gasteiger charge is 2.18. The number of nitriles is 1. The van der Waals surface area contributed by atoms with Crippen LogP contribution in [0.5, 0.6) is 0 Å². The van der Waals surface area contributed by atoms with Crippen molar-refractivity contribution in [2.75, 3.05) is 0 Å². The molecule has 0 amide bonds. The van der Waals surface area contributed by atoms with Gasteiger partial charge in [0.15, 0.2) is 5.58 Å². The smallest absolute Gasteiger partial charge is 0.159 e. The largest absolute Gasteiger partial charge is 0.454 e. The first-order valence-corrected chi connectivity index (χ1v) is 14.4. The summed E-state index contributed by atoms with van der Waals surface area (Å²) in [6.45, 7) is 0. The van der Waals surface area contributed by atoms with Gasteiger partial charge >= 0.3 is 0 Å². The molecule has 190 valence electrons. The Morgan fingerprint density at radius 3 is 2.22 bits per heavy atom. The monoisotopic (exact) mass is 540 g/mol. The fraction of sp³-hybridized carbons (Fsp3) is 0. The molecule has 3 nitrogen and oxygen atoms in total. The summed E-state index contributed by atoms with van der Waals surface area (Å²) in [5.41, 5.74) is 7.75. The maximum Gasteiger partial charge on any atom is 0.159 e. The van der Waals surface area contributed by atoms with Crippen LogP contribution < -0.4 is 0 Å². The molecule has 0 N–H and O–H groups in total. The summed E-state index contributed by atoms with van der Waals surface area (Å²) in [6.07, 6.45) is 0. The van der Waals surface area contributed by atoms with Crippen LogP contribution in [0, 0.1) is 11.3 Å². The minimum absolute atomic E-state index is 0.638. The molecule has 9 aromatic rings. The normalized spacial score (nSPS) is 11.9. The van der Waals surface area contributed by atoms with Crippen molar-refractivity contribution in [1.29, 1.82) is 5.26 Å². The number of fused-ring (bicyclic) bond motifs is 9. The number of para-hydroxylation sites is 2. The number of hydrogen-bond acceptors (Lipinski definition) is 3. The minimum atomic E-state index is 0.638. The van der Waals surface area contributed by atoms with Gasteiger partial charge in [-0.1, -0.05) is 72.8 Å². The lowest BCUT2D eigenvalue weighted by molar-refractivity contribution is 0.666. The molecule has 3 heterocycles. The van der Waals surface area contributed by atoms with Gasteiger partial charge in [-0.3, -0.25) is 0 Å². The molecule has 0 spiro atoms. The first kappa shape index (κ1) is 22.4. The second-order valence-corrected chi connectivity index (χ2v) is 11.6. The summed E-state index contributed by atoms with van der Waals surface area (Å²) in [5.74, 6) is 0. The van der Waals surface area contributed by atoms with Crippen molar-refractivity contribution >= 4 is 75.3 Å². The lowest BCUT2D eigenvalue weighted by Crippen LogP contribution is -1.94. The molecule has 4 heteroatoms.